The Labute approximate surface area is 381 Å². The van der Waals surface area contributed by atoms with Crippen LogP contribution in [0.1, 0.15) is 56.4 Å². The van der Waals surface area contributed by atoms with E-state index in [0.717, 1.165) is 44.1 Å². The molecule has 0 unspecified atom stereocenters. The molecule has 65 heavy (non-hydrogen) atoms. The first-order valence-corrected chi connectivity index (χ1v) is 22.2. The third-order valence-corrected chi connectivity index (χ3v) is 11.9. The maximum atomic E-state index is 14.8. The molecule has 0 aliphatic carbocycles. The van der Waals surface area contributed by atoms with Gasteiger partial charge < -0.3 is 41.9 Å². The van der Waals surface area contributed by atoms with Gasteiger partial charge in [0.1, 0.15) is 24.2 Å². The maximum absolute atomic E-state index is 14.8. The Hall–Kier alpha value is -6.99. The first-order valence-electron chi connectivity index (χ1n) is 22.2. The van der Waals surface area contributed by atoms with Gasteiger partial charge >= 0.3 is 0 Å². The van der Waals surface area contributed by atoms with Gasteiger partial charge in [-0.1, -0.05) is 117 Å². The Morgan fingerprint density at radius 2 is 1.09 bits per heavy atom. The SMILES string of the molecule is C=CC(C)(C)n1cc(C[C@@H](NC(=O)[C@H](Cc2ccccc2)NC(=O)[C@@H](Cc2c[nH]c3ccccc23)NC(=O)[C@@H](Cc2ccccc2)NC)C(=O)N[C@@H](CC(C)C)C(N)=O)c2ccccc21. The van der Waals surface area contributed by atoms with Crippen LogP contribution in [0.2, 0.25) is 0 Å². The molecule has 13 heteroatoms. The summed E-state index contributed by atoms with van der Waals surface area (Å²) in [6, 6.07) is 29.2. The van der Waals surface area contributed by atoms with Crippen LogP contribution in [0, 0.1) is 5.92 Å². The average molecular weight is 879 g/mol. The third kappa shape index (κ3) is 12.2. The van der Waals surface area contributed by atoms with E-state index in [1.54, 1.807) is 7.05 Å². The number of nitrogens with zero attached hydrogens (tertiary/aromatic N) is 1. The fourth-order valence-electron chi connectivity index (χ4n) is 8.19. The van der Waals surface area contributed by atoms with Crippen LogP contribution in [-0.2, 0) is 55.2 Å². The smallest absolute Gasteiger partial charge is 0.243 e. The second-order valence-electron chi connectivity index (χ2n) is 17.7. The lowest BCUT2D eigenvalue weighted by Gasteiger charge is -2.27. The molecule has 5 atom stereocenters. The molecular weight excluding hydrogens is 817 g/mol. The van der Waals surface area contributed by atoms with Crippen LogP contribution in [0.3, 0.4) is 0 Å². The topological polar surface area (TPSA) is 192 Å². The monoisotopic (exact) mass is 878 g/mol. The van der Waals surface area contributed by atoms with Crippen LogP contribution in [-0.4, -0.2) is 76.3 Å². The molecule has 0 fully saturated rings. The fourth-order valence-corrected chi connectivity index (χ4v) is 8.19. The number of nitrogens with two attached hydrogens (primary N) is 1. The van der Waals surface area contributed by atoms with E-state index < -0.39 is 59.4 Å². The van der Waals surface area contributed by atoms with Gasteiger partial charge in [0, 0.05) is 53.5 Å². The average Bonchev–Trinajstić information content (AvgIpc) is 3.89. The lowest BCUT2D eigenvalue weighted by molar-refractivity contribution is -0.134. The summed E-state index contributed by atoms with van der Waals surface area (Å²) >= 11 is 0. The van der Waals surface area contributed by atoms with E-state index >= 15 is 0 Å². The van der Waals surface area contributed by atoms with Gasteiger partial charge in [-0.2, -0.15) is 0 Å². The molecule has 4 aromatic carbocycles. The van der Waals surface area contributed by atoms with Crippen molar-refractivity contribution < 1.29 is 24.0 Å². The molecular formula is C52H62N8O5. The van der Waals surface area contributed by atoms with Gasteiger partial charge in [-0.05, 0) is 74.0 Å². The van der Waals surface area contributed by atoms with Crippen molar-refractivity contribution >= 4 is 51.3 Å². The summed E-state index contributed by atoms with van der Waals surface area (Å²) in [6.07, 6.45) is 6.52. The number of carbonyl (C=O) groups is 5. The predicted molar refractivity (Wildman–Crippen MR) is 257 cm³/mol. The Morgan fingerprint density at radius 1 is 0.631 bits per heavy atom. The Kier molecular flexibility index (Phi) is 15.8. The number of hydrogen-bond acceptors (Lipinski definition) is 6. The highest BCUT2D eigenvalue weighted by molar-refractivity contribution is 5.97. The Balaban J connectivity index is 1.34. The summed E-state index contributed by atoms with van der Waals surface area (Å²) in [5.74, 6) is -2.87. The molecule has 340 valence electrons. The molecule has 2 aromatic heterocycles. The van der Waals surface area contributed by atoms with Gasteiger partial charge in [0.25, 0.3) is 0 Å². The number of primary amides is 1. The zero-order chi connectivity index (χ0) is 46.7. The lowest BCUT2D eigenvalue weighted by atomic mass is 9.99. The lowest BCUT2D eigenvalue weighted by Crippen LogP contribution is -2.60. The summed E-state index contributed by atoms with van der Waals surface area (Å²) in [5, 5.41) is 16.6. The van der Waals surface area contributed by atoms with E-state index in [-0.39, 0.29) is 31.1 Å². The minimum Gasteiger partial charge on any atom is -0.368 e. The number of fused-ring (bicyclic) bond motifs is 2. The zero-order valence-electron chi connectivity index (χ0n) is 37.9. The molecule has 2 heterocycles. The minimum absolute atomic E-state index is 0.0323. The van der Waals surface area contributed by atoms with Crippen molar-refractivity contribution in [1.82, 2.24) is 36.1 Å². The van der Waals surface area contributed by atoms with E-state index in [2.05, 4.69) is 42.7 Å². The van der Waals surface area contributed by atoms with Gasteiger partial charge in [0.05, 0.1) is 11.6 Å². The van der Waals surface area contributed by atoms with Crippen LogP contribution < -0.4 is 32.3 Å². The summed E-state index contributed by atoms with van der Waals surface area (Å²) in [6.45, 7) is 11.9. The van der Waals surface area contributed by atoms with Crippen molar-refractivity contribution in [2.45, 2.75) is 95.5 Å². The van der Waals surface area contributed by atoms with E-state index in [4.69, 9.17) is 5.73 Å². The van der Waals surface area contributed by atoms with Crippen LogP contribution in [0.25, 0.3) is 21.8 Å². The highest BCUT2D eigenvalue weighted by atomic mass is 16.2. The van der Waals surface area contributed by atoms with Gasteiger partial charge in [0.2, 0.25) is 29.5 Å². The molecule has 0 spiro atoms. The van der Waals surface area contributed by atoms with Gasteiger partial charge in [-0.25, -0.2) is 0 Å². The van der Waals surface area contributed by atoms with Crippen molar-refractivity contribution in [3.05, 3.63) is 156 Å². The molecule has 0 radical (unpaired) electrons. The van der Waals surface area contributed by atoms with Gasteiger partial charge in [-0.3, -0.25) is 24.0 Å². The van der Waals surface area contributed by atoms with Gasteiger partial charge in [-0.15, -0.1) is 6.58 Å². The fraction of sp³-hybridized carbons (Fsp3) is 0.327. The molecule has 0 aliphatic heterocycles. The van der Waals surface area contributed by atoms with Crippen LogP contribution in [0.4, 0.5) is 0 Å². The number of hydrogen-bond donors (Lipinski definition) is 7. The normalized spacial score (nSPS) is 13.9. The number of nitrogens with one attached hydrogen (secondary N) is 6. The molecule has 0 aliphatic rings. The number of amides is 5. The second kappa shape index (κ2) is 21.6. The highest BCUT2D eigenvalue weighted by Gasteiger charge is 2.34. The number of aromatic nitrogens is 2. The molecule has 8 N–H and O–H groups in total. The zero-order valence-corrected chi connectivity index (χ0v) is 37.9. The van der Waals surface area contributed by atoms with E-state index in [1.165, 1.54) is 0 Å². The summed E-state index contributed by atoms with van der Waals surface area (Å²) in [5.41, 5.74) is 10.4. The van der Waals surface area contributed by atoms with Crippen molar-refractivity contribution in [3.63, 3.8) is 0 Å². The first kappa shape index (κ1) is 47.5. The largest absolute Gasteiger partial charge is 0.368 e. The first-order chi connectivity index (χ1) is 31.2. The number of para-hydroxylation sites is 2. The summed E-state index contributed by atoms with van der Waals surface area (Å²) in [7, 11) is 1.70. The van der Waals surface area contributed by atoms with Crippen LogP contribution >= 0.6 is 0 Å². The number of likely N-dealkylation sites (N-methyl/N-ethyl adjacent to an activating group) is 1. The molecule has 5 amide bonds. The van der Waals surface area contributed by atoms with Crippen LogP contribution in [0.5, 0.6) is 0 Å². The number of H-pyrrole nitrogens is 1. The Bertz CT molecular complexity index is 2600. The summed E-state index contributed by atoms with van der Waals surface area (Å²) in [4.78, 5) is 73.9. The number of allylic oxidation sites excluding steroid dienone is 1. The molecule has 6 rings (SSSR count). The number of rotatable bonds is 22. The van der Waals surface area contributed by atoms with Crippen molar-refractivity contribution in [3.8, 4) is 0 Å². The van der Waals surface area contributed by atoms with E-state index in [9.17, 15) is 24.0 Å². The minimum atomic E-state index is -1.20. The summed E-state index contributed by atoms with van der Waals surface area (Å²) < 4.78 is 2.07. The van der Waals surface area contributed by atoms with Crippen molar-refractivity contribution in [2.24, 2.45) is 11.7 Å². The van der Waals surface area contributed by atoms with Crippen molar-refractivity contribution in [1.29, 1.82) is 0 Å². The second-order valence-corrected chi connectivity index (χ2v) is 17.7. The molecule has 6 aromatic rings. The number of benzene rings is 4. The maximum Gasteiger partial charge on any atom is 0.243 e. The Morgan fingerprint density at radius 3 is 1.63 bits per heavy atom. The van der Waals surface area contributed by atoms with Gasteiger partial charge in [0.15, 0.2) is 0 Å². The number of carbonyl (C=O) groups excluding carboxylic acids is 5. The number of aromatic amines is 1. The highest BCUT2D eigenvalue weighted by Crippen LogP contribution is 2.29. The van der Waals surface area contributed by atoms with E-state index in [1.807, 2.05) is 155 Å². The van der Waals surface area contributed by atoms with Crippen molar-refractivity contribution in [2.75, 3.05) is 7.05 Å². The molecule has 0 saturated heterocycles. The van der Waals surface area contributed by atoms with Crippen LogP contribution in [0.15, 0.2) is 134 Å². The molecule has 0 saturated carbocycles. The quantitative estimate of drug-likeness (QED) is 0.0449. The van der Waals surface area contributed by atoms with E-state index in [0.29, 0.717) is 12.8 Å². The molecule has 0 bridgehead atoms. The molecule has 13 nitrogen and oxygen atoms in total. The predicted octanol–water partition coefficient (Wildman–Crippen LogP) is 5.37. The third-order valence-electron chi connectivity index (χ3n) is 11.9. The standard InChI is InChI=1S/C52H62N8O5/c1-7-52(4,5)60-32-37(39-23-15-17-25-46(39)60)30-45(50(64)56-41(47(53)61)26-33(2)3)59-49(63)43(28-35-20-12-9-13-21-35)57-51(65)44(29-36-31-55-40-24-16-14-22-38(36)40)58-48(62)42(54-6)27-34-18-10-8-11-19-34/h7-25,31-33,41-45,54-55H,1,26-30H2,2-6H3,(H2,53,61)(H,56,64)(H,57,65)(H,58,62)(H,59,63)/t41-,42+,43-,44+,45+/m0/s1.